The molecule has 3 nitrogen and oxygen atoms in total. The van der Waals surface area contributed by atoms with Gasteiger partial charge in [-0.1, -0.05) is 6.07 Å². The van der Waals surface area contributed by atoms with E-state index in [2.05, 4.69) is 21.8 Å². The summed E-state index contributed by atoms with van der Waals surface area (Å²) in [5.41, 5.74) is 1.82. The Morgan fingerprint density at radius 3 is 2.78 bits per heavy atom. The van der Waals surface area contributed by atoms with E-state index in [1.54, 1.807) is 12.3 Å². The Balaban J connectivity index is 2.45. The number of aryl methyl sites for hydroxylation is 2. The number of nitrogens with zero attached hydrogens (tertiary/aromatic N) is 2. The molecule has 2 aromatic rings. The molecule has 1 aromatic heterocycles. The molecule has 1 unspecified atom stereocenters. The van der Waals surface area contributed by atoms with Gasteiger partial charge in [-0.3, -0.25) is 0 Å². The quantitative estimate of drug-likeness (QED) is 0.900. The van der Waals surface area contributed by atoms with Gasteiger partial charge in [-0.15, -0.1) is 0 Å². The van der Waals surface area contributed by atoms with Gasteiger partial charge in [0.25, 0.3) is 0 Å². The van der Waals surface area contributed by atoms with E-state index in [0.717, 1.165) is 23.5 Å². The lowest BCUT2D eigenvalue weighted by atomic mass is 10.0. The van der Waals surface area contributed by atoms with Gasteiger partial charge in [-0.25, -0.2) is 9.37 Å². The van der Waals surface area contributed by atoms with E-state index in [1.165, 1.54) is 6.07 Å². The zero-order chi connectivity index (χ0) is 13.1. The molecule has 0 spiro atoms. The lowest BCUT2D eigenvalue weighted by Gasteiger charge is -2.18. The van der Waals surface area contributed by atoms with Crippen LogP contribution in [0.3, 0.4) is 0 Å². The normalized spacial score (nSPS) is 12.7. The number of rotatable bonds is 4. The van der Waals surface area contributed by atoms with Gasteiger partial charge in [0.15, 0.2) is 0 Å². The van der Waals surface area contributed by atoms with Gasteiger partial charge in [0.05, 0.1) is 6.04 Å². The smallest absolute Gasteiger partial charge is 0.130 e. The number of aromatic nitrogens is 2. The second kappa shape index (κ2) is 5.31. The lowest BCUT2D eigenvalue weighted by Crippen LogP contribution is -2.22. The maximum absolute atomic E-state index is 13.5. The highest BCUT2D eigenvalue weighted by Gasteiger charge is 2.17. The van der Waals surface area contributed by atoms with Crippen LogP contribution in [0.5, 0.6) is 0 Å². The maximum Gasteiger partial charge on any atom is 0.130 e. The van der Waals surface area contributed by atoms with Crippen molar-refractivity contribution in [3.63, 3.8) is 0 Å². The Bertz CT molecular complexity index is 513. The molecule has 0 saturated heterocycles. The predicted octanol–water partition coefficient (Wildman–Crippen LogP) is 2.66. The van der Waals surface area contributed by atoms with Crippen molar-refractivity contribution in [1.29, 1.82) is 0 Å². The fourth-order valence-electron chi connectivity index (χ4n) is 2.22. The van der Waals surface area contributed by atoms with E-state index in [4.69, 9.17) is 0 Å². The van der Waals surface area contributed by atoms with E-state index in [-0.39, 0.29) is 11.9 Å². The van der Waals surface area contributed by atoms with Crippen LogP contribution in [0.2, 0.25) is 0 Å². The third-order valence-corrected chi connectivity index (χ3v) is 3.03. The minimum absolute atomic E-state index is 0.0886. The van der Waals surface area contributed by atoms with Crippen LogP contribution in [0.15, 0.2) is 30.6 Å². The van der Waals surface area contributed by atoms with Crippen LogP contribution in [-0.2, 0) is 6.54 Å². The molecule has 1 aromatic carbocycles. The summed E-state index contributed by atoms with van der Waals surface area (Å²) in [5, 5.41) is 3.20. The van der Waals surface area contributed by atoms with Crippen LogP contribution in [-0.4, -0.2) is 16.6 Å². The molecule has 0 aliphatic carbocycles. The van der Waals surface area contributed by atoms with Gasteiger partial charge in [0, 0.05) is 18.9 Å². The number of benzene rings is 1. The van der Waals surface area contributed by atoms with Crippen molar-refractivity contribution < 1.29 is 4.39 Å². The first-order valence-corrected chi connectivity index (χ1v) is 6.11. The summed E-state index contributed by atoms with van der Waals surface area (Å²) in [6, 6.07) is 4.99. The molecule has 0 amide bonds. The first kappa shape index (κ1) is 12.8. The maximum atomic E-state index is 13.5. The van der Waals surface area contributed by atoms with Crippen molar-refractivity contribution in [1.82, 2.24) is 14.9 Å². The molecular weight excluding hydrogens is 229 g/mol. The summed E-state index contributed by atoms with van der Waals surface area (Å²) in [7, 11) is 1.86. The molecule has 0 radical (unpaired) electrons. The van der Waals surface area contributed by atoms with Gasteiger partial charge in [0.2, 0.25) is 0 Å². The van der Waals surface area contributed by atoms with Crippen molar-refractivity contribution in [2.24, 2.45) is 0 Å². The average Bonchev–Trinajstić information content (AvgIpc) is 2.77. The predicted molar refractivity (Wildman–Crippen MR) is 69.9 cm³/mol. The molecule has 2 rings (SSSR count). The summed E-state index contributed by atoms with van der Waals surface area (Å²) in [5.74, 6) is 0.699. The minimum atomic E-state index is -0.208. The van der Waals surface area contributed by atoms with E-state index >= 15 is 0 Å². The number of nitrogens with one attached hydrogen (secondary N) is 1. The Morgan fingerprint density at radius 1 is 1.39 bits per heavy atom. The third-order valence-electron chi connectivity index (χ3n) is 3.03. The molecule has 0 fully saturated rings. The highest BCUT2D eigenvalue weighted by molar-refractivity contribution is 5.30. The Morgan fingerprint density at radius 2 is 2.17 bits per heavy atom. The van der Waals surface area contributed by atoms with Crippen molar-refractivity contribution in [2.45, 2.75) is 26.4 Å². The summed E-state index contributed by atoms with van der Waals surface area (Å²) < 4.78 is 15.6. The zero-order valence-corrected chi connectivity index (χ0v) is 10.9. The topological polar surface area (TPSA) is 29.9 Å². The van der Waals surface area contributed by atoms with Crippen LogP contribution in [0.25, 0.3) is 0 Å². The first-order valence-electron chi connectivity index (χ1n) is 6.11. The summed E-state index contributed by atoms with van der Waals surface area (Å²) in [6.07, 6.45) is 3.71. The third kappa shape index (κ3) is 2.43. The largest absolute Gasteiger partial charge is 0.334 e. The van der Waals surface area contributed by atoms with Gasteiger partial charge < -0.3 is 9.88 Å². The molecule has 0 saturated carbocycles. The number of hydrogen-bond donors (Lipinski definition) is 1. The van der Waals surface area contributed by atoms with Crippen LogP contribution in [0.1, 0.15) is 29.9 Å². The molecular formula is C14H18FN3. The zero-order valence-electron chi connectivity index (χ0n) is 10.9. The second-order valence-electron chi connectivity index (χ2n) is 4.36. The summed E-state index contributed by atoms with van der Waals surface area (Å²) >= 11 is 0. The van der Waals surface area contributed by atoms with Crippen LogP contribution >= 0.6 is 0 Å². The fraction of sp³-hybridized carbons (Fsp3) is 0.357. The monoisotopic (exact) mass is 247 g/mol. The van der Waals surface area contributed by atoms with Crippen molar-refractivity contribution in [2.75, 3.05) is 7.05 Å². The molecule has 0 bridgehead atoms. The Labute approximate surface area is 107 Å². The van der Waals surface area contributed by atoms with E-state index in [0.29, 0.717) is 0 Å². The van der Waals surface area contributed by atoms with Crippen molar-refractivity contribution >= 4 is 0 Å². The van der Waals surface area contributed by atoms with Crippen LogP contribution in [0.4, 0.5) is 4.39 Å². The van der Waals surface area contributed by atoms with Gasteiger partial charge in [-0.05, 0) is 44.2 Å². The molecule has 18 heavy (non-hydrogen) atoms. The fourth-order valence-corrected chi connectivity index (χ4v) is 2.22. The average molecular weight is 247 g/mol. The second-order valence-corrected chi connectivity index (χ2v) is 4.36. The van der Waals surface area contributed by atoms with Gasteiger partial charge >= 0.3 is 0 Å². The van der Waals surface area contributed by atoms with Crippen molar-refractivity contribution in [3.05, 3.63) is 53.4 Å². The molecule has 1 heterocycles. The summed E-state index contributed by atoms with van der Waals surface area (Å²) in [4.78, 5) is 4.37. The van der Waals surface area contributed by atoms with E-state index in [9.17, 15) is 4.39 Å². The number of halogens is 1. The highest BCUT2D eigenvalue weighted by atomic mass is 19.1. The Kier molecular flexibility index (Phi) is 3.77. The lowest BCUT2D eigenvalue weighted by molar-refractivity contribution is 0.579. The van der Waals surface area contributed by atoms with E-state index < -0.39 is 0 Å². The molecule has 96 valence electrons. The number of hydrogen-bond acceptors (Lipinski definition) is 2. The Hall–Kier alpha value is -1.68. The molecule has 1 N–H and O–H groups in total. The van der Waals surface area contributed by atoms with Gasteiger partial charge in [0.1, 0.15) is 11.6 Å². The van der Waals surface area contributed by atoms with Crippen LogP contribution < -0.4 is 5.32 Å². The van der Waals surface area contributed by atoms with Gasteiger partial charge in [-0.2, -0.15) is 0 Å². The number of imidazole rings is 1. The minimum Gasteiger partial charge on any atom is -0.334 e. The molecule has 0 aliphatic rings. The van der Waals surface area contributed by atoms with E-state index in [1.807, 2.05) is 26.2 Å². The van der Waals surface area contributed by atoms with Crippen LogP contribution in [0, 0.1) is 12.7 Å². The highest BCUT2D eigenvalue weighted by Crippen LogP contribution is 2.22. The first-order chi connectivity index (χ1) is 8.65. The SMILES string of the molecule is CCn1ccnc1C(NC)c1cc(C)cc(F)c1. The standard InChI is InChI=1S/C14H18FN3/c1-4-18-6-5-17-14(18)13(16-3)11-7-10(2)8-12(15)9-11/h5-9,13,16H,4H2,1-3H3. The molecule has 4 heteroatoms. The summed E-state index contributed by atoms with van der Waals surface area (Å²) in [6.45, 7) is 4.81. The molecule has 1 atom stereocenters. The van der Waals surface area contributed by atoms with Crippen molar-refractivity contribution in [3.8, 4) is 0 Å². The molecule has 0 aliphatic heterocycles.